The van der Waals surface area contributed by atoms with E-state index in [1.807, 2.05) is 0 Å². The van der Waals surface area contributed by atoms with E-state index in [-0.39, 0.29) is 11.7 Å². The zero-order valence-corrected chi connectivity index (χ0v) is 10.2. The highest BCUT2D eigenvalue weighted by Crippen LogP contribution is 2.22. The maximum atomic E-state index is 13.1. The Morgan fingerprint density at radius 1 is 1.37 bits per heavy atom. The normalized spacial score (nSPS) is 15.2. The average Bonchev–Trinajstić information content (AvgIpc) is 2.84. The van der Waals surface area contributed by atoms with Crippen molar-refractivity contribution in [2.75, 3.05) is 5.32 Å². The van der Waals surface area contributed by atoms with Crippen LogP contribution in [-0.4, -0.2) is 17.0 Å². The number of carbonyl (C=O) groups excluding carboxylic acids is 1. The molecule has 6 nitrogen and oxygen atoms in total. The SMILES string of the molecule is O=C(Nc1ccc(F)c([N+](=O)[O-])c1)NC1CCCC1. The van der Waals surface area contributed by atoms with Crippen LogP contribution in [0.1, 0.15) is 25.7 Å². The number of nitrogens with one attached hydrogen (secondary N) is 2. The molecule has 0 unspecified atom stereocenters. The van der Waals surface area contributed by atoms with Crippen LogP contribution in [-0.2, 0) is 0 Å². The van der Waals surface area contributed by atoms with Crippen LogP contribution in [0.5, 0.6) is 0 Å². The molecule has 102 valence electrons. The standard InChI is InChI=1S/C12H14FN3O3/c13-10-6-5-9(7-11(10)16(18)19)15-12(17)14-8-3-1-2-4-8/h5-8H,1-4H2,(H2,14,15,17). The summed E-state index contributed by atoms with van der Waals surface area (Å²) < 4.78 is 13.1. The summed E-state index contributed by atoms with van der Waals surface area (Å²) >= 11 is 0. The largest absolute Gasteiger partial charge is 0.335 e. The highest BCUT2D eigenvalue weighted by molar-refractivity contribution is 5.89. The van der Waals surface area contributed by atoms with Gasteiger partial charge in [-0.15, -0.1) is 0 Å². The van der Waals surface area contributed by atoms with Gasteiger partial charge < -0.3 is 10.6 Å². The Hall–Kier alpha value is -2.18. The highest BCUT2D eigenvalue weighted by Gasteiger charge is 2.18. The molecule has 2 amide bonds. The number of anilines is 1. The molecule has 1 aromatic rings. The molecule has 1 aromatic carbocycles. The number of nitrogens with zero attached hydrogens (tertiary/aromatic N) is 1. The molecule has 0 atom stereocenters. The van der Waals surface area contributed by atoms with Crippen LogP contribution in [0, 0.1) is 15.9 Å². The number of benzene rings is 1. The molecule has 0 radical (unpaired) electrons. The summed E-state index contributed by atoms with van der Waals surface area (Å²) in [6, 6.07) is 2.98. The molecule has 0 aliphatic heterocycles. The Kier molecular flexibility index (Phi) is 3.94. The lowest BCUT2D eigenvalue weighted by atomic mass is 10.2. The number of carbonyl (C=O) groups is 1. The zero-order valence-electron chi connectivity index (χ0n) is 10.2. The number of hydrogen-bond donors (Lipinski definition) is 2. The summed E-state index contributed by atoms with van der Waals surface area (Å²) in [5.74, 6) is -0.924. The predicted octanol–water partition coefficient (Wildman–Crippen LogP) is 2.80. The first-order chi connectivity index (χ1) is 9.06. The maximum absolute atomic E-state index is 13.1. The van der Waals surface area contributed by atoms with Crippen molar-refractivity contribution in [1.82, 2.24) is 5.32 Å². The van der Waals surface area contributed by atoms with Crippen molar-refractivity contribution in [3.8, 4) is 0 Å². The fourth-order valence-corrected chi connectivity index (χ4v) is 2.15. The van der Waals surface area contributed by atoms with Crippen LogP contribution >= 0.6 is 0 Å². The van der Waals surface area contributed by atoms with Gasteiger partial charge >= 0.3 is 11.7 Å². The number of hydrogen-bond acceptors (Lipinski definition) is 3. The van der Waals surface area contributed by atoms with Crippen LogP contribution in [0.15, 0.2) is 18.2 Å². The monoisotopic (exact) mass is 267 g/mol. The van der Waals surface area contributed by atoms with Gasteiger partial charge in [-0.2, -0.15) is 4.39 Å². The first kappa shape index (κ1) is 13.3. The average molecular weight is 267 g/mol. The highest BCUT2D eigenvalue weighted by atomic mass is 19.1. The molecular formula is C12H14FN3O3. The van der Waals surface area contributed by atoms with E-state index in [4.69, 9.17) is 0 Å². The molecule has 1 fully saturated rings. The Bertz CT molecular complexity index is 501. The molecule has 0 aromatic heterocycles. The predicted molar refractivity (Wildman–Crippen MR) is 67.5 cm³/mol. The van der Waals surface area contributed by atoms with Gasteiger partial charge in [-0.1, -0.05) is 12.8 Å². The van der Waals surface area contributed by atoms with Crippen LogP contribution < -0.4 is 10.6 Å². The van der Waals surface area contributed by atoms with Crippen LogP contribution in [0.3, 0.4) is 0 Å². The van der Waals surface area contributed by atoms with Crippen molar-refractivity contribution in [3.63, 3.8) is 0 Å². The number of amides is 2. The van der Waals surface area contributed by atoms with Gasteiger partial charge in [0.1, 0.15) is 0 Å². The molecule has 0 spiro atoms. The van der Waals surface area contributed by atoms with E-state index < -0.39 is 22.5 Å². The number of rotatable bonds is 3. The summed E-state index contributed by atoms with van der Waals surface area (Å²) in [6.45, 7) is 0. The summed E-state index contributed by atoms with van der Waals surface area (Å²) in [6.07, 6.45) is 4.06. The lowest BCUT2D eigenvalue weighted by Crippen LogP contribution is -2.36. The second kappa shape index (κ2) is 5.64. The maximum Gasteiger partial charge on any atom is 0.319 e. The number of halogens is 1. The molecule has 0 saturated heterocycles. The third-order valence-electron chi connectivity index (χ3n) is 3.09. The summed E-state index contributed by atoms with van der Waals surface area (Å²) in [5.41, 5.74) is -0.456. The first-order valence-corrected chi connectivity index (χ1v) is 6.08. The van der Waals surface area contributed by atoms with E-state index in [0.29, 0.717) is 0 Å². The van der Waals surface area contributed by atoms with Gasteiger partial charge in [-0.25, -0.2) is 4.79 Å². The van der Waals surface area contributed by atoms with Gasteiger partial charge in [0.05, 0.1) is 4.92 Å². The fourth-order valence-electron chi connectivity index (χ4n) is 2.15. The van der Waals surface area contributed by atoms with Gasteiger partial charge in [0, 0.05) is 17.8 Å². The number of nitro groups is 1. The molecule has 1 aliphatic carbocycles. The van der Waals surface area contributed by atoms with E-state index in [2.05, 4.69) is 10.6 Å². The molecular weight excluding hydrogens is 253 g/mol. The van der Waals surface area contributed by atoms with E-state index >= 15 is 0 Å². The van der Waals surface area contributed by atoms with E-state index in [1.54, 1.807) is 0 Å². The third kappa shape index (κ3) is 3.40. The second-order valence-corrected chi connectivity index (χ2v) is 4.50. The van der Waals surface area contributed by atoms with Crippen LogP contribution in [0.2, 0.25) is 0 Å². The van der Waals surface area contributed by atoms with Crippen LogP contribution in [0.4, 0.5) is 20.6 Å². The topological polar surface area (TPSA) is 84.3 Å². The Morgan fingerprint density at radius 2 is 2.05 bits per heavy atom. The lowest BCUT2D eigenvalue weighted by Gasteiger charge is -2.12. The Labute approximate surface area is 109 Å². The molecule has 1 aliphatic rings. The minimum absolute atomic E-state index is 0.149. The van der Waals surface area contributed by atoms with Gasteiger partial charge in [0.25, 0.3) is 0 Å². The van der Waals surface area contributed by atoms with Crippen molar-refractivity contribution in [1.29, 1.82) is 0 Å². The Morgan fingerprint density at radius 3 is 2.68 bits per heavy atom. The zero-order chi connectivity index (χ0) is 13.8. The summed E-state index contributed by atoms with van der Waals surface area (Å²) in [5, 5.41) is 15.8. The molecule has 1 saturated carbocycles. The first-order valence-electron chi connectivity index (χ1n) is 6.08. The summed E-state index contributed by atoms with van der Waals surface area (Å²) in [7, 11) is 0. The van der Waals surface area contributed by atoms with Crippen molar-refractivity contribution in [2.24, 2.45) is 0 Å². The quantitative estimate of drug-likeness (QED) is 0.652. The van der Waals surface area contributed by atoms with Gasteiger partial charge in [0.15, 0.2) is 0 Å². The van der Waals surface area contributed by atoms with Crippen molar-refractivity contribution in [3.05, 3.63) is 34.1 Å². The summed E-state index contributed by atoms with van der Waals surface area (Å²) in [4.78, 5) is 21.4. The van der Waals surface area contributed by atoms with Crippen molar-refractivity contribution >= 4 is 17.4 Å². The molecule has 7 heteroatoms. The second-order valence-electron chi connectivity index (χ2n) is 4.50. The van der Waals surface area contributed by atoms with Crippen molar-refractivity contribution < 1.29 is 14.1 Å². The molecule has 2 rings (SSSR count). The lowest BCUT2D eigenvalue weighted by molar-refractivity contribution is -0.387. The minimum Gasteiger partial charge on any atom is -0.335 e. The minimum atomic E-state index is -0.924. The van der Waals surface area contributed by atoms with Gasteiger partial charge in [-0.3, -0.25) is 10.1 Å². The number of urea groups is 1. The van der Waals surface area contributed by atoms with E-state index in [1.165, 1.54) is 6.07 Å². The molecule has 0 heterocycles. The molecule has 19 heavy (non-hydrogen) atoms. The molecule has 2 N–H and O–H groups in total. The van der Waals surface area contributed by atoms with Gasteiger partial charge in [0.2, 0.25) is 5.82 Å². The fraction of sp³-hybridized carbons (Fsp3) is 0.417. The van der Waals surface area contributed by atoms with E-state index in [9.17, 15) is 19.3 Å². The van der Waals surface area contributed by atoms with Crippen LogP contribution in [0.25, 0.3) is 0 Å². The smallest absolute Gasteiger partial charge is 0.319 e. The van der Waals surface area contributed by atoms with E-state index in [0.717, 1.165) is 37.8 Å². The Balaban J connectivity index is 2.00. The number of nitro benzene ring substituents is 1. The van der Waals surface area contributed by atoms with Crippen molar-refractivity contribution in [2.45, 2.75) is 31.7 Å². The van der Waals surface area contributed by atoms with Gasteiger partial charge in [-0.05, 0) is 25.0 Å². The molecule has 0 bridgehead atoms. The third-order valence-corrected chi connectivity index (χ3v) is 3.09.